The Balaban J connectivity index is -0.000000180. The maximum atomic E-state index is 11.2. The fourth-order valence-electron chi connectivity index (χ4n) is 0.294. The molecular formula is C4H13Cl2FN2. The van der Waals surface area contributed by atoms with Crippen LogP contribution in [0.25, 0.3) is 0 Å². The molecule has 60 valence electrons. The van der Waals surface area contributed by atoms with E-state index >= 15 is 0 Å². The standard InChI is InChI=1S/C4H11FN2.2ClH/c5-1-3-7-4-2-6;;/h7H,1-4,6H2;2*1H. The van der Waals surface area contributed by atoms with Gasteiger partial charge in [0.1, 0.15) is 6.67 Å². The summed E-state index contributed by atoms with van der Waals surface area (Å²) < 4.78 is 11.2. The maximum absolute atomic E-state index is 11.2. The average Bonchev–Trinajstić information content (AvgIpc) is 1.69. The molecule has 0 aliphatic rings. The topological polar surface area (TPSA) is 38.0 Å². The van der Waals surface area contributed by atoms with Crippen LogP contribution in [0.5, 0.6) is 0 Å². The van der Waals surface area contributed by atoms with Gasteiger partial charge in [-0.05, 0) is 0 Å². The third-order valence-corrected chi connectivity index (χ3v) is 0.592. The van der Waals surface area contributed by atoms with Crippen LogP contribution in [-0.4, -0.2) is 26.3 Å². The monoisotopic (exact) mass is 178 g/mol. The van der Waals surface area contributed by atoms with Crippen LogP contribution in [0.3, 0.4) is 0 Å². The second-order valence-electron chi connectivity index (χ2n) is 1.23. The molecule has 0 saturated carbocycles. The van der Waals surface area contributed by atoms with Crippen molar-refractivity contribution in [1.29, 1.82) is 0 Å². The fourth-order valence-corrected chi connectivity index (χ4v) is 0.294. The molecule has 0 radical (unpaired) electrons. The minimum atomic E-state index is -0.306. The molecule has 0 aromatic carbocycles. The molecule has 0 amide bonds. The zero-order chi connectivity index (χ0) is 5.54. The van der Waals surface area contributed by atoms with E-state index in [-0.39, 0.29) is 31.5 Å². The van der Waals surface area contributed by atoms with Crippen LogP contribution in [0.4, 0.5) is 4.39 Å². The van der Waals surface area contributed by atoms with Gasteiger partial charge in [-0.25, -0.2) is 4.39 Å². The molecule has 0 saturated heterocycles. The Hall–Kier alpha value is 0.430. The third kappa shape index (κ3) is 17.8. The van der Waals surface area contributed by atoms with Gasteiger partial charge in [-0.2, -0.15) is 0 Å². The summed E-state index contributed by atoms with van der Waals surface area (Å²) in [5, 5.41) is 2.78. The van der Waals surface area contributed by atoms with Crippen LogP contribution in [0.15, 0.2) is 0 Å². The van der Waals surface area contributed by atoms with E-state index in [1.165, 1.54) is 0 Å². The van der Waals surface area contributed by atoms with Gasteiger partial charge >= 0.3 is 0 Å². The summed E-state index contributed by atoms with van der Waals surface area (Å²) >= 11 is 0. The fraction of sp³-hybridized carbons (Fsp3) is 1.00. The molecule has 2 nitrogen and oxygen atoms in total. The van der Waals surface area contributed by atoms with Crippen molar-refractivity contribution in [1.82, 2.24) is 5.32 Å². The zero-order valence-electron chi connectivity index (χ0n) is 5.10. The van der Waals surface area contributed by atoms with Crippen LogP contribution >= 0.6 is 24.8 Å². The first-order valence-electron chi connectivity index (χ1n) is 2.38. The Morgan fingerprint density at radius 1 is 1.22 bits per heavy atom. The Morgan fingerprint density at radius 3 is 2.11 bits per heavy atom. The molecule has 0 rings (SSSR count). The second-order valence-corrected chi connectivity index (χ2v) is 1.23. The second kappa shape index (κ2) is 15.8. The van der Waals surface area contributed by atoms with E-state index in [2.05, 4.69) is 5.32 Å². The van der Waals surface area contributed by atoms with Gasteiger partial charge < -0.3 is 11.1 Å². The summed E-state index contributed by atoms with van der Waals surface area (Å²) in [6, 6.07) is 0. The Labute approximate surface area is 67.2 Å². The van der Waals surface area contributed by atoms with E-state index in [1.54, 1.807) is 0 Å². The predicted molar refractivity (Wildman–Crippen MR) is 42.4 cm³/mol. The van der Waals surface area contributed by atoms with Crippen molar-refractivity contribution in [2.24, 2.45) is 5.73 Å². The lowest BCUT2D eigenvalue weighted by Gasteiger charge is -1.94. The van der Waals surface area contributed by atoms with Crippen molar-refractivity contribution in [2.45, 2.75) is 0 Å². The molecule has 9 heavy (non-hydrogen) atoms. The van der Waals surface area contributed by atoms with E-state index in [0.717, 1.165) is 0 Å². The van der Waals surface area contributed by atoms with E-state index in [0.29, 0.717) is 19.6 Å². The van der Waals surface area contributed by atoms with Gasteiger partial charge in [-0.1, -0.05) is 0 Å². The first-order chi connectivity index (χ1) is 3.41. The van der Waals surface area contributed by atoms with E-state index in [1.807, 2.05) is 0 Å². The van der Waals surface area contributed by atoms with Crippen molar-refractivity contribution >= 4 is 24.8 Å². The van der Waals surface area contributed by atoms with E-state index in [9.17, 15) is 4.39 Å². The third-order valence-electron chi connectivity index (χ3n) is 0.592. The van der Waals surface area contributed by atoms with Crippen molar-refractivity contribution in [2.75, 3.05) is 26.3 Å². The van der Waals surface area contributed by atoms with Gasteiger partial charge in [0.15, 0.2) is 0 Å². The first kappa shape index (κ1) is 16.2. The SMILES string of the molecule is Cl.Cl.NCCNCCF. The largest absolute Gasteiger partial charge is 0.329 e. The van der Waals surface area contributed by atoms with Crippen molar-refractivity contribution in [3.63, 3.8) is 0 Å². The smallest absolute Gasteiger partial charge is 0.102 e. The van der Waals surface area contributed by atoms with Crippen LogP contribution in [0, 0.1) is 0 Å². The Morgan fingerprint density at radius 2 is 1.78 bits per heavy atom. The summed E-state index contributed by atoms with van der Waals surface area (Å²) in [5.41, 5.74) is 5.08. The van der Waals surface area contributed by atoms with Gasteiger partial charge in [0.25, 0.3) is 0 Å². The van der Waals surface area contributed by atoms with Gasteiger partial charge in [-0.3, -0.25) is 0 Å². The Kier molecular flexibility index (Phi) is 28.4. The van der Waals surface area contributed by atoms with Crippen LogP contribution < -0.4 is 11.1 Å². The molecule has 3 N–H and O–H groups in total. The highest BCUT2D eigenvalue weighted by Crippen LogP contribution is 1.59. The number of nitrogens with two attached hydrogens (primary N) is 1. The quantitative estimate of drug-likeness (QED) is 0.611. The first-order valence-corrected chi connectivity index (χ1v) is 2.38. The predicted octanol–water partition coefficient (Wildman–Crippen LogP) is 0.348. The molecule has 0 unspecified atom stereocenters. The Bertz CT molecular complexity index is 35.7. The average molecular weight is 179 g/mol. The lowest BCUT2D eigenvalue weighted by atomic mass is 10.6. The summed E-state index contributed by atoms with van der Waals surface area (Å²) in [6.07, 6.45) is 0. The normalized spacial score (nSPS) is 7.33. The number of halogens is 3. The molecule has 0 spiro atoms. The molecule has 0 heterocycles. The van der Waals surface area contributed by atoms with Crippen LogP contribution in [0.1, 0.15) is 0 Å². The van der Waals surface area contributed by atoms with E-state index in [4.69, 9.17) is 5.73 Å². The van der Waals surface area contributed by atoms with Crippen molar-refractivity contribution < 1.29 is 4.39 Å². The van der Waals surface area contributed by atoms with Crippen LogP contribution in [0.2, 0.25) is 0 Å². The number of rotatable bonds is 4. The number of nitrogens with one attached hydrogen (secondary N) is 1. The molecule has 0 bridgehead atoms. The molecule has 5 heteroatoms. The lowest BCUT2D eigenvalue weighted by Crippen LogP contribution is -2.24. The van der Waals surface area contributed by atoms with Crippen molar-refractivity contribution in [3.8, 4) is 0 Å². The van der Waals surface area contributed by atoms with Gasteiger partial charge in [0.2, 0.25) is 0 Å². The number of hydrogen-bond donors (Lipinski definition) is 2. The molecule has 0 aromatic heterocycles. The molecule has 0 atom stereocenters. The highest BCUT2D eigenvalue weighted by molar-refractivity contribution is 5.85. The van der Waals surface area contributed by atoms with Gasteiger partial charge in [-0.15, -0.1) is 24.8 Å². The summed E-state index contributed by atoms with van der Waals surface area (Å²) in [7, 11) is 0. The van der Waals surface area contributed by atoms with Gasteiger partial charge in [0, 0.05) is 19.6 Å². The summed E-state index contributed by atoms with van der Waals surface area (Å²) in [4.78, 5) is 0. The van der Waals surface area contributed by atoms with Gasteiger partial charge in [0.05, 0.1) is 0 Å². The summed E-state index contributed by atoms with van der Waals surface area (Å²) in [6.45, 7) is 1.42. The molecular weight excluding hydrogens is 166 g/mol. The molecule has 0 fully saturated rings. The maximum Gasteiger partial charge on any atom is 0.102 e. The number of alkyl halides is 1. The van der Waals surface area contributed by atoms with Crippen molar-refractivity contribution in [3.05, 3.63) is 0 Å². The number of hydrogen-bond acceptors (Lipinski definition) is 2. The molecule has 0 aromatic rings. The minimum absolute atomic E-state index is 0. The van der Waals surface area contributed by atoms with Crippen LogP contribution in [-0.2, 0) is 0 Å². The zero-order valence-corrected chi connectivity index (χ0v) is 6.73. The molecule has 0 aliphatic heterocycles. The van der Waals surface area contributed by atoms with E-state index < -0.39 is 0 Å². The highest BCUT2D eigenvalue weighted by Gasteiger charge is 1.78. The highest BCUT2D eigenvalue weighted by atomic mass is 35.5. The lowest BCUT2D eigenvalue weighted by molar-refractivity contribution is 0.469. The molecule has 0 aliphatic carbocycles. The minimum Gasteiger partial charge on any atom is -0.329 e. The summed E-state index contributed by atoms with van der Waals surface area (Å²) in [5.74, 6) is 0.